The third-order valence-corrected chi connectivity index (χ3v) is 4.66. The predicted molar refractivity (Wildman–Crippen MR) is 74.1 cm³/mol. The van der Waals surface area contributed by atoms with Crippen molar-refractivity contribution in [2.24, 2.45) is 5.92 Å². The molecule has 0 radical (unpaired) electrons. The summed E-state index contributed by atoms with van der Waals surface area (Å²) >= 11 is 0. The maximum Gasteiger partial charge on any atom is 0.161 e. The highest BCUT2D eigenvalue weighted by Gasteiger charge is 2.37. The maximum atomic E-state index is 14.2. The number of nitrogens with zero attached hydrogens (tertiary/aromatic N) is 1. The Morgan fingerprint density at radius 3 is 2.84 bits per heavy atom. The Kier molecular flexibility index (Phi) is 3.29. The molecule has 1 heterocycles. The van der Waals surface area contributed by atoms with Crippen LogP contribution in [0.3, 0.4) is 0 Å². The van der Waals surface area contributed by atoms with Gasteiger partial charge in [-0.3, -0.25) is 4.79 Å². The first-order valence-electron chi connectivity index (χ1n) is 7.24. The highest BCUT2D eigenvalue weighted by Crippen LogP contribution is 2.40. The lowest BCUT2D eigenvalue weighted by Gasteiger charge is -2.34. The van der Waals surface area contributed by atoms with Crippen molar-refractivity contribution in [3.8, 4) is 0 Å². The van der Waals surface area contributed by atoms with Gasteiger partial charge in [-0.05, 0) is 44.2 Å². The molecule has 0 N–H and O–H groups in total. The monoisotopic (exact) mass is 261 g/mol. The van der Waals surface area contributed by atoms with Crippen LogP contribution in [0.4, 0.5) is 10.1 Å². The molecule has 0 amide bonds. The highest BCUT2D eigenvalue weighted by atomic mass is 19.1. The van der Waals surface area contributed by atoms with E-state index >= 15 is 0 Å². The van der Waals surface area contributed by atoms with Gasteiger partial charge in [0.1, 0.15) is 5.82 Å². The summed E-state index contributed by atoms with van der Waals surface area (Å²) in [5.41, 5.74) is 1.08. The Hall–Kier alpha value is -1.38. The van der Waals surface area contributed by atoms with Crippen LogP contribution in [0.2, 0.25) is 0 Å². The number of fused-ring (bicyclic) bond motifs is 1. The van der Waals surface area contributed by atoms with Crippen molar-refractivity contribution in [3.05, 3.63) is 29.6 Å². The number of rotatable bonds is 2. The number of benzene rings is 1. The first-order chi connectivity index (χ1) is 9.18. The molecule has 1 saturated heterocycles. The molecule has 0 aromatic heterocycles. The zero-order valence-corrected chi connectivity index (χ0v) is 11.4. The van der Waals surface area contributed by atoms with Crippen LogP contribution < -0.4 is 4.90 Å². The summed E-state index contributed by atoms with van der Waals surface area (Å²) in [4.78, 5) is 13.9. The molecule has 3 heteroatoms. The lowest BCUT2D eigenvalue weighted by Crippen LogP contribution is -2.36. The quantitative estimate of drug-likeness (QED) is 0.755. The van der Waals surface area contributed by atoms with Crippen molar-refractivity contribution >= 4 is 11.5 Å². The van der Waals surface area contributed by atoms with Crippen molar-refractivity contribution in [1.29, 1.82) is 0 Å². The van der Waals surface area contributed by atoms with Gasteiger partial charge in [0, 0.05) is 18.2 Å². The minimum absolute atomic E-state index is 0.0474. The summed E-state index contributed by atoms with van der Waals surface area (Å²) in [7, 11) is 0. The zero-order valence-electron chi connectivity index (χ0n) is 11.4. The number of ketones is 1. The number of para-hydroxylation sites is 1. The van der Waals surface area contributed by atoms with E-state index in [1.54, 1.807) is 12.1 Å². The number of anilines is 1. The molecular weight excluding hydrogens is 241 g/mol. The number of carbonyl (C=O) groups excluding carboxylic acids is 1. The minimum atomic E-state index is -0.251. The molecule has 1 aliphatic carbocycles. The SMILES string of the molecule is CC(=O)c1cccc(F)c1N1CCC2CCCCC21. The second-order valence-corrected chi connectivity index (χ2v) is 5.79. The molecule has 2 fully saturated rings. The summed E-state index contributed by atoms with van der Waals surface area (Å²) in [6.07, 6.45) is 6.05. The number of halogens is 1. The van der Waals surface area contributed by atoms with Crippen LogP contribution in [-0.2, 0) is 0 Å². The second kappa shape index (κ2) is 4.95. The van der Waals surface area contributed by atoms with E-state index in [4.69, 9.17) is 0 Å². The summed E-state index contributed by atoms with van der Waals surface area (Å²) in [6.45, 7) is 2.41. The molecule has 2 nitrogen and oxygen atoms in total. The Bertz CT molecular complexity index is 500. The van der Waals surface area contributed by atoms with Gasteiger partial charge in [0.05, 0.1) is 5.69 Å². The van der Waals surface area contributed by atoms with Gasteiger partial charge in [-0.25, -0.2) is 4.39 Å². The maximum absolute atomic E-state index is 14.2. The molecule has 3 rings (SSSR count). The third-order valence-electron chi connectivity index (χ3n) is 4.66. The molecule has 2 aliphatic rings. The van der Waals surface area contributed by atoms with E-state index in [9.17, 15) is 9.18 Å². The smallest absolute Gasteiger partial charge is 0.161 e. The molecule has 0 spiro atoms. The average molecular weight is 261 g/mol. The first kappa shape index (κ1) is 12.6. The van der Waals surface area contributed by atoms with Crippen LogP contribution in [0.1, 0.15) is 49.4 Å². The molecular formula is C16H20FNO. The van der Waals surface area contributed by atoms with Crippen LogP contribution in [0.5, 0.6) is 0 Å². The fourth-order valence-electron chi connectivity index (χ4n) is 3.77. The Morgan fingerprint density at radius 1 is 1.26 bits per heavy atom. The summed E-state index contributed by atoms with van der Waals surface area (Å²) in [6, 6.07) is 5.28. The third kappa shape index (κ3) is 2.15. The van der Waals surface area contributed by atoms with Crippen molar-refractivity contribution in [2.75, 3.05) is 11.4 Å². The van der Waals surface area contributed by atoms with Gasteiger partial charge in [0.25, 0.3) is 0 Å². The first-order valence-corrected chi connectivity index (χ1v) is 7.24. The topological polar surface area (TPSA) is 20.3 Å². The standard InChI is InChI=1S/C16H20FNO/c1-11(19)13-6-4-7-14(17)16(13)18-10-9-12-5-2-3-8-15(12)18/h4,6-7,12,15H,2-3,5,8-10H2,1H3. The Morgan fingerprint density at radius 2 is 2.05 bits per heavy atom. The lowest BCUT2D eigenvalue weighted by atomic mass is 9.85. The Balaban J connectivity index is 2.00. The van der Waals surface area contributed by atoms with Gasteiger partial charge in [-0.1, -0.05) is 18.9 Å². The highest BCUT2D eigenvalue weighted by molar-refractivity contribution is 6.00. The number of hydrogen-bond acceptors (Lipinski definition) is 2. The van der Waals surface area contributed by atoms with Gasteiger partial charge in [-0.2, -0.15) is 0 Å². The minimum Gasteiger partial charge on any atom is -0.365 e. The summed E-state index contributed by atoms with van der Waals surface area (Å²) in [5.74, 6) is 0.390. The van der Waals surface area contributed by atoms with E-state index in [0.29, 0.717) is 23.2 Å². The van der Waals surface area contributed by atoms with E-state index < -0.39 is 0 Å². The summed E-state index contributed by atoms with van der Waals surface area (Å²) in [5, 5.41) is 0. The van der Waals surface area contributed by atoms with Crippen molar-refractivity contribution in [2.45, 2.75) is 45.1 Å². The van der Waals surface area contributed by atoms with Gasteiger partial charge in [-0.15, -0.1) is 0 Å². The van der Waals surface area contributed by atoms with Crippen LogP contribution in [-0.4, -0.2) is 18.4 Å². The molecule has 0 bridgehead atoms. The van der Waals surface area contributed by atoms with E-state index in [2.05, 4.69) is 4.90 Å². The van der Waals surface area contributed by atoms with Crippen LogP contribution >= 0.6 is 0 Å². The van der Waals surface area contributed by atoms with E-state index in [0.717, 1.165) is 19.4 Å². The van der Waals surface area contributed by atoms with Gasteiger partial charge < -0.3 is 4.90 Å². The molecule has 1 aliphatic heterocycles. The van der Waals surface area contributed by atoms with E-state index in [-0.39, 0.29) is 11.6 Å². The number of hydrogen-bond donors (Lipinski definition) is 0. The zero-order chi connectivity index (χ0) is 13.4. The lowest BCUT2D eigenvalue weighted by molar-refractivity contribution is 0.101. The Labute approximate surface area is 113 Å². The van der Waals surface area contributed by atoms with Gasteiger partial charge in [0.15, 0.2) is 5.78 Å². The number of Topliss-reactive ketones (excluding diaryl/α,β-unsaturated/α-hetero) is 1. The molecule has 1 aromatic carbocycles. The van der Waals surface area contributed by atoms with Crippen molar-refractivity contribution in [1.82, 2.24) is 0 Å². The van der Waals surface area contributed by atoms with Crippen LogP contribution in [0.15, 0.2) is 18.2 Å². The fourth-order valence-corrected chi connectivity index (χ4v) is 3.77. The molecule has 2 atom stereocenters. The molecule has 19 heavy (non-hydrogen) atoms. The van der Waals surface area contributed by atoms with E-state index in [1.165, 1.54) is 32.3 Å². The molecule has 1 saturated carbocycles. The molecule has 2 unspecified atom stereocenters. The normalized spacial score (nSPS) is 26.3. The molecule has 1 aromatic rings. The largest absolute Gasteiger partial charge is 0.365 e. The molecule has 102 valence electrons. The van der Waals surface area contributed by atoms with Crippen molar-refractivity contribution in [3.63, 3.8) is 0 Å². The predicted octanol–water partition coefficient (Wildman–Crippen LogP) is 3.80. The van der Waals surface area contributed by atoms with Crippen LogP contribution in [0.25, 0.3) is 0 Å². The van der Waals surface area contributed by atoms with E-state index in [1.807, 2.05) is 0 Å². The fraction of sp³-hybridized carbons (Fsp3) is 0.562. The van der Waals surface area contributed by atoms with Crippen LogP contribution in [0, 0.1) is 11.7 Å². The summed E-state index contributed by atoms with van der Waals surface area (Å²) < 4.78 is 14.2. The number of carbonyl (C=O) groups is 1. The van der Waals surface area contributed by atoms with Gasteiger partial charge in [0.2, 0.25) is 0 Å². The van der Waals surface area contributed by atoms with Crippen molar-refractivity contribution < 1.29 is 9.18 Å². The average Bonchev–Trinajstić information content (AvgIpc) is 2.82. The second-order valence-electron chi connectivity index (χ2n) is 5.79. The van der Waals surface area contributed by atoms with Gasteiger partial charge >= 0.3 is 0 Å².